The molecule has 1 rings (SSSR count). The fourth-order valence-corrected chi connectivity index (χ4v) is 2.28. The molecule has 17 heavy (non-hydrogen) atoms. The summed E-state index contributed by atoms with van der Waals surface area (Å²) >= 11 is 0. The molecule has 0 bridgehead atoms. The molecular weight excluding hydrogens is 226 g/mol. The highest BCUT2D eigenvalue weighted by Crippen LogP contribution is 2.38. The summed E-state index contributed by atoms with van der Waals surface area (Å²) in [4.78, 5) is 11.5. The van der Waals surface area contributed by atoms with Gasteiger partial charge >= 0.3 is 0 Å². The first-order valence-corrected chi connectivity index (χ1v) is 6.41. The van der Waals surface area contributed by atoms with Gasteiger partial charge in [0.05, 0.1) is 0 Å². The Morgan fingerprint density at radius 3 is 2.71 bits per heavy atom. The van der Waals surface area contributed by atoms with E-state index in [0.717, 1.165) is 19.3 Å². The van der Waals surface area contributed by atoms with E-state index >= 15 is 0 Å². The summed E-state index contributed by atoms with van der Waals surface area (Å²) in [7, 11) is 0. The Hall–Kier alpha value is -0.710. The SMILES string of the molecule is NCCNC(=O)CC1CCCCCCC1(F)F. The highest BCUT2D eigenvalue weighted by Gasteiger charge is 2.40. The average Bonchev–Trinajstić information content (AvgIpc) is 2.27. The average molecular weight is 248 g/mol. The molecule has 0 aliphatic heterocycles. The van der Waals surface area contributed by atoms with Crippen LogP contribution in [0.15, 0.2) is 0 Å². The number of amides is 1. The molecule has 1 unspecified atom stereocenters. The van der Waals surface area contributed by atoms with Crippen LogP contribution >= 0.6 is 0 Å². The number of carbonyl (C=O) groups excluding carboxylic acids is 1. The van der Waals surface area contributed by atoms with Crippen LogP contribution in [0.2, 0.25) is 0 Å². The van der Waals surface area contributed by atoms with Crippen LogP contribution in [0.3, 0.4) is 0 Å². The van der Waals surface area contributed by atoms with E-state index < -0.39 is 11.8 Å². The van der Waals surface area contributed by atoms with Crippen LogP contribution in [0.25, 0.3) is 0 Å². The number of carbonyl (C=O) groups is 1. The number of alkyl halides is 2. The zero-order valence-corrected chi connectivity index (χ0v) is 10.2. The second-order valence-corrected chi connectivity index (χ2v) is 4.75. The first-order chi connectivity index (χ1) is 8.06. The van der Waals surface area contributed by atoms with Gasteiger partial charge in [-0.05, 0) is 12.8 Å². The first-order valence-electron chi connectivity index (χ1n) is 6.41. The van der Waals surface area contributed by atoms with Gasteiger partial charge in [0.2, 0.25) is 5.91 Å². The highest BCUT2D eigenvalue weighted by atomic mass is 19.3. The number of nitrogens with one attached hydrogen (secondary N) is 1. The van der Waals surface area contributed by atoms with Crippen molar-refractivity contribution in [3.63, 3.8) is 0 Å². The summed E-state index contributed by atoms with van der Waals surface area (Å²) in [6.07, 6.45) is 3.52. The Morgan fingerprint density at radius 2 is 2.00 bits per heavy atom. The zero-order valence-electron chi connectivity index (χ0n) is 10.2. The molecule has 1 aliphatic carbocycles. The molecule has 1 fully saturated rings. The zero-order chi connectivity index (χ0) is 12.7. The predicted octanol–water partition coefficient (Wildman–Crippen LogP) is 2.06. The maximum Gasteiger partial charge on any atom is 0.251 e. The van der Waals surface area contributed by atoms with Crippen LogP contribution in [0.1, 0.15) is 44.9 Å². The summed E-state index contributed by atoms with van der Waals surface area (Å²) in [6, 6.07) is 0. The van der Waals surface area contributed by atoms with Crippen LogP contribution < -0.4 is 11.1 Å². The van der Waals surface area contributed by atoms with Crippen LogP contribution in [0, 0.1) is 5.92 Å². The van der Waals surface area contributed by atoms with E-state index in [1.165, 1.54) is 0 Å². The topological polar surface area (TPSA) is 55.1 Å². The molecule has 0 heterocycles. The molecule has 1 atom stereocenters. The van der Waals surface area contributed by atoms with Gasteiger partial charge in [-0.1, -0.05) is 19.3 Å². The second kappa shape index (κ2) is 6.89. The lowest BCUT2D eigenvalue weighted by atomic mass is 9.85. The van der Waals surface area contributed by atoms with Crippen LogP contribution in [-0.4, -0.2) is 24.9 Å². The van der Waals surface area contributed by atoms with E-state index in [0.29, 0.717) is 25.9 Å². The van der Waals surface area contributed by atoms with Gasteiger partial charge in [0, 0.05) is 31.8 Å². The quantitative estimate of drug-likeness (QED) is 0.800. The van der Waals surface area contributed by atoms with E-state index in [4.69, 9.17) is 5.73 Å². The van der Waals surface area contributed by atoms with Crippen LogP contribution in [0.5, 0.6) is 0 Å². The second-order valence-electron chi connectivity index (χ2n) is 4.75. The first kappa shape index (κ1) is 14.4. The predicted molar refractivity (Wildman–Crippen MR) is 62.8 cm³/mol. The Kier molecular flexibility index (Phi) is 5.82. The molecule has 1 aliphatic rings. The minimum Gasteiger partial charge on any atom is -0.355 e. The van der Waals surface area contributed by atoms with Gasteiger partial charge in [0.15, 0.2) is 0 Å². The standard InChI is InChI=1S/C12H22F2N2O/c13-12(14)6-4-2-1-3-5-10(12)9-11(17)16-8-7-15/h10H,1-9,15H2,(H,16,17). The number of rotatable bonds is 4. The Bertz CT molecular complexity index is 247. The summed E-state index contributed by atoms with van der Waals surface area (Å²) < 4.78 is 27.6. The summed E-state index contributed by atoms with van der Waals surface area (Å²) in [5.41, 5.74) is 5.25. The Balaban J connectivity index is 2.48. The summed E-state index contributed by atoms with van der Waals surface area (Å²) in [5, 5.41) is 2.56. The van der Waals surface area contributed by atoms with Crippen molar-refractivity contribution in [3.8, 4) is 0 Å². The monoisotopic (exact) mass is 248 g/mol. The molecule has 0 aromatic rings. The van der Waals surface area contributed by atoms with Crippen molar-refractivity contribution in [1.29, 1.82) is 0 Å². The number of nitrogens with two attached hydrogens (primary N) is 1. The van der Waals surface area contributed by atoms with Crippen molar-refractivity contribution in [1.82, 2.24) is 5.32 Å². The molecule has 100 valence electrons. The Morgan fingerprint density at radius 1 is 1.29 bits per heavy atom. The van der Waals surface area contributed by atoms with Crippen molar-refractivity contribution < 1.29 is 13.6 Å². The van der Waals surface area contributed by atoms with Crippen molar-refractivity contribution >= 4 is 5.91 Å². The molecule has 3 N–H and O–H groups in total. The summed E-state index contributed by atoms with van der Waals surface area (Å²) in [5.74, 6) is -3.80. The van der Waals surface area contributed by atoms with E-state index in [1.807, 2.05) is 0 Å². The lowest BCUT2D eigenvalue weighted by molar-refractivity contribution is -0.129. The maximum atomic E-state index is 13.8. The smallest absolute Gasteiger partial charge is 0.251 e. The molecule has 1 saturated carbocycles. The molecule has 0 aromatic carbocycles. The van der Waals surface area contributed by atoms with Gasteiger partial charge < -0.3 is 11.1 Å². The van der Waals surface area contributed by atoms with Gasteiger partial charge in [0.25, 0.3) is 5.92 Å². The normalized spacial score (nSPS) is 24.8. The van der Waals surface area contributed by atoms with Crippen LogP contribution in [-0.2, 0) is 4.79 Å². The fourth-order valence-electron chi connectivity index (χ4n) is 2.28. The summed E-state index contributed by atoms with van der Waals surface area (Å²) in [6.45, 7) is 0.698. The van der Waals surface area contributed by atoms with Gasteiger partial charge in [-0.15, -0.1) is 0 Å². The molecular formula is C12H22F2N2O. The lowest BCUT2D eigenvalue weighted by Crippen LogP contribution is -2.36. The van der Waals surface area contributed by atoms with E-state index in [1.54, 1.807) is 0 Å². The fraction of sp³-hybridized carbons (Fsp3) is 0.917. The van der Waals surface area contributed by atoms with Gasteiger partial charge in [-0.3, -0.25) is 4.79 Å². The van der Waals surface area contributed by atoms with E-state index in [9.17, 15) is 13.6 Å². The number of hydrogen-bond donors (Lipinski definition) is 2. The number of hydrogen-bond acceptors (Lipinski definition) is 2. The minimum absolute atomic E-state index is 0.0764. The van der Waals surface area contributed by atoms with Gasteiger partial charge in [-0.2, -0.15) is 0 Å². The van der Waals surface area contributed by atoms with Crippen molar-refractivity contribution in [3.05, 3.63) is 0 Å². The molecule has 5 heteroatoms. The largest absolute Gasteiger partial charge is 0.355 e. The third-order valence-electron chi connectivity index (χ3n) is 3.31. The molecule has 1 amide bonds. The van der Waals surface area contributed by atoms with Gasteiger partial charge in [-0.25, -0.2) is 8.78 Å². The molecule has 3 nitrogen and oxygen atoms in total. The third-order valence-corrected chi connectivity index (χ3v) is 3.31. The van der Waals surface area contributed by atoms with Gasteiger partial charge in [0.1, 0.15) is 0 Å². The van der Waals surface area contributed by atoms with E-state index in [2.05, 4.69) is 5.32 Å². The van der Waals surface area contributed by atoms with Crippen molar-refractivity contribution in [2.24, 2.45) is 11.7 Å². The maximum absolute atomic E-state index is 13.8. The highest BCUT2D eigenvalue weighted by molar-refractivity contribution is 5.76. The van der Waals surface area contributed by atoms with E-state index in [-0.39, 0.29) is 18.7 Å². The molecule has 0 radical (unpaired) electrons. The Labute approximate surface area is 101 Å². The molecule has 0 spiro atoms. The van der Waals surface area contributed by atoms with Crippen molar-refractivity contribution in [2.75, 3.05) is 13.1 Å². The third kappa shape index (κ3) is 4.98. The molecule has 0 aromatic heterocycles. The molecule has 0 saturated heterocycles. The number of halogens is 2. The van der Waals surface area contributed by atoms with Crippen molar-refractivity contribution in [2.45, 2.75) is 50.9 Å². The minimum atomic E-state index is -2.69. The van der Waals surface area contributed by atoms with Crippen LogP contribution in [0.4, 0.5) is 8.78 Å². The lowest BCUT2D eigenvalue weighted by Gasteiger charge is -2.28.